The summed E-state index contributed by atoms with van der Waals surface area (Å²) < 4.78 is 5.88. The zero-order chi connectivity index (χ0) is 23.8. The highest BCUT2D eigenvalue weighted by Gasteiger charge is 2.30. The number of aryl methyl sites for hydroxylation is 3. The van der Waals surface area contributed by atoms with Crippen molar-refractivity contribution in [3.05, 3.63) is 101 Å². The van der Waals surface area contributed by atoms with Gasteiger partial charge in [-0.2, -0.15) is 0 Å². The quantitative estimate of drug-likeness (QED) is 0.533. The van der Waals surface area contributed by atoms with Crippen LogP contribution < -0.4 is 10.1 Å². The largest absolute Gasteiger partial charge is 0.483 e. The number of nitrogens with one attached hydrogen (secondary N) is 1. The molecule has 172 valence electrons. The summed E-state index contributed by atoms with van der Waals surface area (Å²) in [5.41, 5.74) is 5.20. The van der Waals surface area contributed by atoms with Crippen molar-refractivity contribution in [2.24, 2.45) is 0 Å². The van der Waals surface area contributed by atoms with Crippen LogP contribution in [0.3, 0.4) is 0 Å². The summed E-state index contributed by atoms with van der Waals surface area (Å²) in [5, 5.41) is 2.73. The maximum Gasteiger partial charge on any atom is 0.261 e. The van der Waals surface area contributed by atoms with E-state index in [2.05, 4.69) is 5.32 Å². The molecule has 0 aliphatic rings. The lowest BCUT2D eigenvalue weighted by Gasteiger charge is -2.31. The molecule has 0 bridgehead atoms. The Hall–Kier alpha value is -3.60. The van der Waals surface area contributed by atoms with Gasteiger partial charge < -0.3 is 15.0 Å². The second-order valence-corrected chi connectivity index (χ2v) is 8.38. The fraction of sp³-hybridized carbons (Fsp3) is 0.286. The third-order valence-electron chi connectivity index (χ3n) is 5.67. The summed E-state index contributed by atoms with van der Waals surface area (Å²) in [7, 11) is 1.60. The Bertz CT molecular complexity index is 1080. The van der Waals surface area contributed by atoms with Crippen LogP contribution in [0.4, 0.5) is 0 Å². The Balaban J connectivity index is 1.87. The van der Waals surface area contributed by atoms with E-state index in [0.29, 0.717) is 18.7 Å². The number of amides is 2. The molecule has 5 heteroatoms. The number of benzene rings is 3. The maximum absolute atomic E-state index is 13.4. The smallest absolute Gasteiger partial charge is 0.261 e. The van der Waals surface area contributed by atoms with Gasteiger partial charge in [0, 0.05) is 20.0 Å². The first-order valence-electron chi connectivity index (χ1n) is 11.2. The van der Waals surface area contributed by atoms with Gasteiger partial charge in [0.15, 0.2) is 6.61 Å². The van der Waals surface area contributed by atoms with E-state index in [1.165, 1.54) is 0 Å². The van der Waals surface area contributed by atoms with Crippen molar-refractivity contribution in [3.63, 3.8) is 0 Å². The lowest BCUT2D eigenvalue weighted by molar-refractivity contribution is -0.142. The van der Waals surface area contributed by atoms with Crippen LogP contribution >= 0.6 is 0 Å². The van der Waals surface area contributed by atoms with Crippen LogP contribution in [-0.2, 0) is 22.6 Å². The first-order valence-corrected chi connectivity index (χ1v) is 11.2. The van der Waals surface area contributed by atoms with Crippen molar-refractivity contribution in [1.29, 1.82) is 0 Å². The molecule has 0 saturated carbocycles. The topological polar surface area (TPSA) is 58.6 Å². The Morgan fingerprint density at radius 2 is 1.55 bits per heavy atom. The van der Waals surface area contributed by atoms with Gasteiger partial charge in [0.1, 0.15) is 11.8 Å². The molecule has 5 nitrogen and oxygen atoms in total. The molecule has 0 spiro atoms. The zero-order valence-electron chi connectivity index (χ0n) is 19.8. The van der Waals surface area contributed by atoms with Crippen LogP contribution in [0.15, 0.2) is 72.8 Å². The Morgan fingerprint density at radius 1 is 0.879 bits per heavy atom. The highest BCUT2D eigenvalue weighted by atomic mass is 16.5. The number of hydrogen-bond donors (Lipinski definition) is 1. The number of rotatable bonds is 9. The van der Waals surface area contributed by atoms with E-state index < -0.39 is 6.04 Å². The van der Waals surface area contributed by atoms with Gasteiger partial charge in [-0.15, -0.1) is 0 Å². The van der Waals surface area contributed by atoms with Crippen molar-refractivity contribution in [3.8, 4) is 5.75 Å². The van der Waals surface area contributed by atoms with Gasteiger partial charge in [0.05, 0.1) is 0 Å². The predicted molar refractivity (Wildman–Crippen MR) is 131 cm³/mol. The zero-order valence-corrected chi connectivity index (χ0v) is 19.8. The molecule has 1 atom stereocenters. The minimum absolute atomic E-state index is 0.141. The molecule has 0 aliphatic heterocycles. The molecule has 0 aliphatic carbocycles. The molecule has 0 fully saturated rings. The van der Waals surface area contributed by atoms with E-state index in [0.717, 1.165) is 27.8 Å². The molecule has 0 saturated heterocycles. The van der Waals surface area contributed by atoms with Crippen LogP contribution in [0, 0.1) is 20.8 Å². The summed E-state index contributed by atoms with van der Waals surface area (Å²) in [6.45, 7) is 6.17. The summed E-state index contributed by atoms with van der Waals surface area (Å²) in [5.74, 6) is 0.231. The summed E-state index contributed by atoms with van der Waals surface area (Å²) >= 11 is 0. The summed E-state index contributed by atoms with van der Waals surface area (Å²) in [6, 6.07) is 22.9. The normalized spacial score (nSPS) is 11.5. The van der Waals surface area contributed by atoms with E-state index in [1.54, 1.807) is 11.9 Å². The number of carbonyl (C=O) groups excluding carboxylic acids is 2. The number of carbonyl (C=O) groups is 2. The number of nitrogens with zero attached hydrogens (tertiary/aromatic N) is 1. The van der Waals surface area contributed by atoms with Gasteiger partial charge >= 0.3 is 0 Å². The molecule has 2 amide bonds. The fourth-order valence-electron chi connectivity index (χ4n) is 3.79. The van der Waals surface area contributed by atoms with Crippen molar-refractivity contribution >= 4 is 11.8 Å². The van der Waals surface area contributed by atoms with Gasteiger partial charge in [-0.25, -0.2) is 0 Å². The fourth-order valence-corrected chi connectivity index (χ4v) is 3.79. The molecule has 1 N–H and O–H groups in total. The van der Waals surface area contributed by atoms with Gasteiger partial charge in [0.25, 0.3) is 5.91 Å². The second-order valence-electron chi connectivity index (χ2n) is 8.38. The molecule has 0 unspecified atom stereocenters. The first-order chi connectivity index (χ1) is 15.9. The average Bonchev–Trinajstić information content (AvgIpc) is 2.82. The Morgan fingerprint density at radius 3 is 2.18 bits per heavy atom. The monoisotopic (exact) mass is 444 g/mol. The third-order valence-corrected chi connectivity index (χ3v) is 5.67. The standard InChI is InChI=1S/C28H32N2O3/c1-20-10-13-24(14-11-20)18-30(25(28(32)29-4)17-23-8-6-5-7-9-23)27(31)19-33-26-15-12-21(2)16-22(26)3/h5-16,25H,17-19H2,1-4H3,(H,29,32)/t25-/m1/s1. The Labute approximate surface area is 196 Å². The van der Waals surface area contributed by atoms with Crippen molar-refractivity contribution in [2.45, 2.75) is 39.8 Å². The van der Waals surface area contributed by atoms with E-state index in [-0.39, 0.29) is 18.4 Å². The Kier molecular flexibility index (Phi) is 8.25. The predicted octanol–water partition coefficient (Wildman–Crippen LogP) is 4.38. The minimum Gasteiger partial charge on any atom is -0.483 e. The van der Waals surface area contributed by atoms with Crippen molar-refractivity contribution in [2.75, 3.05) is 13.7 Å². The highest BCUT2D eigenvalue weighted by Crippen LogP contribution is 2.20. The van der Waals surface area contributed by atoms with Gasteiger partial charge in [0.2, 0.25) is 5.91 Å². The van der Waals surface area contributed by atoms with Crippen LogP contribution in [0.1, 0.15) is 27.8 Å². The lowest BCUT2D eigenvalue weighted by Crippen LogP contribution is -2.51. The molecule has 0 heterocycles. The lowest BCUT2D eigenvalue weighted by atomic mass is 10.0. The van der Waals surface area contributed by atoms with Crippen LogP contribution in [0.5, 0.6) is 5.75 Å². The second kappa shape index (κ2) is 11.3. The molecule has 0 aromatic heterocycles. The summed E-state index contributed by atoms with van der Waals surface area (Å²) in [4.78, 5) is 28.0. The molecule has 3 aromatic carbocycles. The number of hydrogen-bond acceptors (Lipinski definition) is 3. The van der Waals surface area contributed by atoms with E-state index >= 15 is 0 Å². The molecule has 33 heavy (non-hydrogen) atoms. The van der Waals surface area contributed by atoms with Gasteiger partial charge in [-0.05, 0) is 43.5 Å². The van der Waals surface area contributed by atoms with Crippen LogP contribution in [0.2, 0.25) is 0 Å². The van der Waals surface area contributed by atoms with Gasteiger partial charge in [-0.1, -0.05) is 77.9 Å². The van der Waals surface area contributed by atoms with E-state index in [9.17, 15) is 9.59 Å². The minimum atomic E-state index is -0.658. The van der Waals surface area contributed by atoms with Crippen LogP contribution in [-0.4, -0.2) is 36.4 Å². The van der Waals surface area contributed by atoms with Gasteiger partial charge in [-0.3, -0.25) is 9.59 Å². The number of ether oxygens (including phenoxy) is 1. The molecular formula is C28H32N2O3. The number of likely N-dealkylation sites (N-methyl/N-ethyl adjacent to an activating group) is 1. The average molecular weight is 445 g/mol. The summed E-state index contributed by atoms with van der Waals surface area (Å²) in [6.07, 6.45) is 0.418. The molecule has 3 rings (SSSR count). The SMILES string of the molecule is CNC(=O)[C@@H](Cc1ccccc1)N(Cc1ccc(C)cc1)C(=O)COc1ccc(C)cc1C. The first kappa shape index (κ1) is 24.1. The van der Waals surface area contributed by atoms with Crippen LogP contribution in [0.25, 0.3) is 0 Å². The van der Waals surface area contributed by atoms with E-state index in [4.69, 9.17) is 4.74 Å². The van der Waals surface area contributed by atoms with E-state index in [1.807, 2.05) is 93.6 Å². The molecule has 3 aromatic rings. The third kappa shape index (κ3) is 6.69. The molecule has 0 radical (unpaired) electrons. The van der Waals surface area contributed by atoms with Crippen molar-refractivity contribution < 1.29 is 14.3 Å². The molecular weight excluding hydrogens is 412 g/mol. The maximum atomic E-state index is 13.4. The van der Waals surface area contributed by atoms with Crippen molar-refractivity contribution in [1.82, 2.24) is 10.2 Å². The highest BCUT2D eigenvalue weighted by molar-refractivity contribution is 5.88.